The molecule has 2 unspecified atom stereocenters. The Morgan fingerprint density at radius 2 is 2.50 bits per heavy atom. The number of aromatic nitrogens is 2. The molecule has 2 heterocycles. The highest BCUT2D eigenvalue weighted by molar-refractivity contribution is 5.21. The van der Waals surface area contributed by atoms with E-state index in [0.29, 0.717) is 18.6 Å². The third-order valence-electron chi connectivity index (χ3n) is 3.23. The highest BCUT2D eigenvalue weighted by Crippen LogP contribution is 2.31. The molecule has 0 radical (unpaired) electrons. The van der Waals surface area contributed by atoms with E-state index in [1.807, 2.05) is 0 Å². The molecule has 78 valence electrons. The van der Waals surface area contributed by atoms with Gasteiger partial charge in [-0.25, -0.2) is 4.98 Å². The predicted octanol–water partition coefficient (Wildman–Crippen LogP) is 0.676. The van der Waals surface area contributed by atoms with Gasteiger partial charge in [-0.3, -0.25) is 4.90 Å². The second-order valence-electron chi connectivity index (χ2n) is 3.95. The molecule has 1 aromatic rings. The van der Waals surface area contributed by atoms with Crippen LogP contribution in [0.2, 0.25) is 0 Å². The van der Waals surface area contributed by atoms with Crippen molar-refractivity contribution in [2.24, 2.45) is 5.73 Å². The van der Waals surface area contributed by atoms with Gasteiger partial charge >= 0.3 is 0 Å². The van der Waals surface area contributed by atoms with Gasteiger partial charge in [0.15, 0.2) is 0 Å². The summed E-state index contributed by atoms with van der Waals surface area (Å²) in [6, 6.07) is 0.881. The molecule has 1 aliphatic heterocycles. The molecule has 4 nitrogen and oxygen atoms in total. The van der Waals surface area contributed by atoms with Crippen LogP contribution in [-0.2, 0) is 6.42 Å². The highest BCUT2D eigenvalue weighted by Gasteiger charge is 2.31. The van der Waals surface area contributed by atoms with E-state index in [-0.39, 0.29) is 0 Å². The number of nitrogens with two attached hydrogens (primary N) is 1. The van der Waals surface area contributed by atoms with Crippen molar-refractivity contribution in [1.82, 2.24) is 14.9 Å². The fourth-order valence-electron chi connectivity index (χ4n) is 2.34. The summed E-state index contributed by atoms with van der Waals surface area (Å²) in [5, 5.41) is 0. The normalized spacial score (nSPS) is 27.6. The molecule has 3 N–H and O–H groups in total. The van der Waals surface area contributed by atoms with E-state index >= 15 is 0 Å². The average molecular weight is 194 g/mol. The monoisotopic (exact) mass is 194 g/mol. The lowest BCUT2D eigenvalue weighted by atomic mass is 9.95. The van der Waals surface area contributed by atoms with Crippen molar-refractivity contribution < 1.29 is 0 Å². The van der Waals surface area contributed by atoms with Crippen molar-refractivity contribution in [2.45, 2.75) is 31.8 Å². The van der Waals surface area contributed by atoms with Crippen molar-refractivity contribution in [3.63, 3.8) is 0 Å². The lowest BCUT2D eigenvalue weighted by Crippen LogP contribution is -2.45. The number of rotatable bonds is 2. The Hall–Kier alpha value is -0.870. The van der Waals surface area contributed by atoms with Gasteiger partial charge in [0.05, 0.1) is 18.1 Å². The minimum atomic E-state index is 0.429. The molecule has 0 aromatic carbocycles. The Balaban J connectivity index is 2.33. The number of hydrogen-bond donors (Lipinski definition) is 2. The molecule has 0 spiro atoms. The zero-order chi connectivity index (χ0) is 10.1. The van der Waals surface area contributed by atoms with Crippen molar-refractivity contribution in [1.29, 1.82) is 0 Å². The Kier molecular flexibility index (Phi) is 2.56. The second-order valence-corrected chi connectivity index (χ2v) is 3.95. The number of hydrogen-bond acceptors (Lipinski definition) is 3. The summed E-state index contributed by atoms with van der Waals surface area (Å²) in [5.41, 5.74) is 8.24. The fourth-order valence-corrected chi connectivity index (χ4v) is 2.34. The first-order valence-electron chi connectivity index (χ1n) is 5.22. The molecule has 14 heavy (non-hydrogen) atoms. The van der Waals surface area contributed by atoms with Crippen molar-refractivity contribution in [3.8, 4) is 0 Å². The van der Waals surface area contributed by atoms with Gasteiger partial charge in [-0.1, -0.05) is 6.92 Å². The summed E-state index contributed by atoms with van der Waals surface area (Å²) in [7, 11) is 2.14. The number of H-pyrrole nitrogens is 1. The minimum absolute atomic E-state index is 0.429. The predicted molar refractivity (Wildman–Crippen MR) is 55.9 cm³/mol. The third kappa shape index (κ3) is 1.35. The summed E-state index contributed by atoms with van der Waals surface area (Å²) >= 11 is 0. The van der Waals surface area contributed by atoms with Gasteiger partial charge in [0, 0.05) is 24.7 Å². The smallest absolute Gasteiger partial charge is 0.0925 e. The van der Waals surface area contributed by atoms with Crippen LogP contribution in [0.4, 0.5) is 0 Å². The number of aromatic amines is 1. The Labute approximate surface area is 84.5 Å². The lowest BCUT2D eigenvalue weighted by molar-refractivity contribution is 0.151. The van der Waals surface area contributed by atoms with E-state index in [1.165, 1.54) is 11.4 Å². The summed E-state index contributed by atoms with van der Waals surface area (Å²) < 4.78 is 0. The number of fused-ring (bicyclic) bond motifs is 1. The molecular formula is C10H18N4. The largest absolute Gasteiger partial charge is 0.348 e. The van der Waals surface area contributed by atoms with E-state index < -0.39 is 0 Å². The van der Waals surface area contributed by atoms with E-state index in [0.717, 1.165) is 12.8 Å². The molecule has 0 aliphatic carbocycles. The number of likely N-dealkylation sites (N-methyl/N-ethyl adjacent to an activating group) is 1. The van der Waals surface area contributed by atoms with Crippen LogP contribution < -0.4 is 5.73 Å². The van der Waals surface area contributed by atoms with Crippen molar-refractivity contribution in [2.75, 3.05) is 13.6 Å². The molecule has 0 fully saturated rings. The summed E-state index contributed by atoms with van der Waals surface area (Å²) in [4.78, 5) is 9.95. The Bertz CT molecular complexity index is 307. The van der Waals surface area contributed by atoms with Gasteiger partial charge in [0.25, 0.3) is 0 Å². The quantitative estimate of drug-likeness (QED) is 0.727. The molecule has 1 aliphatic rings. The van der Waals surface area contributed by atoms with Crippen LogP contribution in [0.1, 0.15) is 30.8 Å². The maximum Gasteiger partial charge on any atom is 0.0925 e. The first-order chi connectivity index (χ1) is 6.77. The van der Waals surface area contributed by atoms with Gasteiger partial charge in [0.1, 0.15) is 0 Å². The molecule has 2 rings (SSSR count). The number of nitrogens with zero attached hydrogens (tertiary/aromatic N) is 2. The molecule has 0 saturated carbocycles. The number of imidazole rings is 1. The van der Waals surface area contributed by atoms with E-state index in [9.17, 15) is 0 Å². The summed E-state index contributed by atoms with van der Waals surface area (Å²) in [5.74, 6) is 0. The highest BCUT2D eigenvalue weighted by atomic mass is 15.2. The van der Waals surface area contributed by atoms with Crippen LogP contribution in [0.25, 0.3) is 0 Å². The van der Waals surface area contributed by atoms with Crippen LogP contribution in [0.5, 0.6) is 0 Å². The molecule has 2 atom stereocenters. The van der Waals surface area contributed by atoms with E-state index in [4.69, 9.17) is 5.73 Å². The van der Waals surface area contributed by atoms with Crippen molar-refractivity contribution >= 4 is 0 Å². The zero-order valence-electron chi connectivity index (χ0n) is 8.83. The molecular weight excluding hydrogens is 176 g/mol. The standard InChI is InChI=1S/C10H18N4/c1-3-9-10-8(12-6-13-10)4-7(5-11)14(9)2/h6-7,9H,3-5,11H2,1-2H3,(H,12,13). The Morgan fingerprint density at radius 3 is 3.14 bits per heavy atom. The van der Waals surface area contributed by atoms with Crippen LogP contribution in [-0.4, -0.2) is 34.5 Å². The van der Waals surface area contributed by atoms with Crippen LogP contribution in [0.3, 0.4) is 0 Å². The maximum atomic E-state index is 5.76. The molecule has 0 amide bonds. The van der Waals surface area contributed by atoms with Crippen molar-refractivity contribution in [3.05, 3.63) is 17.7 Å². The Morgan fingerprint density at radius 1 is 1.71 bits per heavy atom. The van der Waals surface area contributed by atoms with E-state index in [1.54, 1.807) is 6.33 Å². The van der Waals surface area contributed by atoms with Crippen LogP contribution >= 0.6 is 0 Å². The lowest BCUT2D eigenvalue weighted by Gasteiger charge is -2.37. The molecule has 4 heteroatoms. The summed E-state index contributed by atoms with van der Waals surface area (Å²) in [6.07, 6.45) is 3.88. The molecule has 1 aromatic heterocycles. The zero-order valence-corrected chi connectivity index (χ0v) is 8.83. The van der Waals surface area contributed by atoms with Gasteiger partial charge in [-0.2, -0.15) is 0 Å². The SMILES string of the molecule is CCC1c2nc[nH]c2CC(CN)N1C. The third-order valence-corrected chi connectivity index (χ3v) is 3.23. The van der Waals surface area contributed by atoms with Crippen LogP contribution in [0.15, 0.2) is 6.33 Å². The fraction of sp³-hybridized carbons (Fsp3) is 0.700. The van der Waals surface area contributed by atoms with Gasteiger partial charge in [0.2, 0.25) is 0 Å². The van der Waals surface area contributed by atoms with Gasteiger partial charge in [-0.15, -0.1) is 0 Å². The second kappa shape index (κ2) is 3.71. The topological polar surface area (TPSA) is 57.9 Å². The number of nitrogens with one attached hydrogen (secondary N) is 1. The minimum Gasteiger partial charge on any atom is -0.348 e. The maximum absolute atomic E-state index is 5.76. The molecule has 0 bridgehead atoms. The average Bonchev–Trinajstić information content (AvgIpc) is 2.64. The van der Waals surface area contributed by atoms with E-state index in [2.05, 4.69) is 28.8 Å². The first kappa shape index (κ1) is 9.68. The van der Waals surface area contributed by atoms with Gasteiger partial charge in [-0.05, 0) is 13.5 Å². The summed E-state index contributed by atoms with van der Waals surface area (Å²) in [6.45, 7) is 2.91. The van der Waals surface area contributed by atoms with Gasteiger partial charge < -0.3 is 10.7 Å². The van der Waals surface area contributed by atoms with Crippen LogP contribution in [0, 0.1) is 0 Å². The molecule has 0 saturated heterocycles. The first-order valence-corrected chi connectivity index (χ1v) is 5.22.